The zero-order valence-electron chi connectivity index (χ0n) is 12.0. The maximum absolute atomic E-state index is 11.5. The van der Waals surface area contributed by atoms with E-state index in [9.17, 15) is 9.90 Å². The van der Waals surface area contributed by atoms with E-state index < -0.39 is 5.97 Å². The van der Waals surface area contributed by atoms with Gasteiger partial charge in [0.05, 0.1) is 6.04 Å². The van der Waals surface area contributed by atoms with Crippen molar-refractivity contribution in [2.75, 3.05) is 0 Å². The van der Waals surface area contributed by atoms with Crippen LogP contribution in [0.1, 0.15) is 29.0 Å². The van der Waals surface area contributed by atoms with Crippen LogP contribution >= 0.6 is 0 Å². The molecule has 5 heteroatoms. The maximum Gasteiger partial charge on any atom is 0.358 e. The smallest absolute Gasteiger partial charge is 0.358 e. The van der Waals surface area contributed by atoms with Gasteiger partial charge in [0.15, 0.2) is 5.69 Å². The maximum atomic E-state index is 11.5. The van der Waals surface area contributed by atoms with Crippen LogP contribution in [0.3, 0.4) is 0 Å². The van der Waals surface area contributed by atoms with Crippen molar-refractivity contribution >= 4 is 5.97 Å². The summed E-state index contributed by atoms with van der Waals surface area (Å²) in [5, 5.41) is 17.3. The fraction of sp³-hybridized carbons (Fsp3) is 0.118. The SMILES string of the molecule is CC(c1ccccc1)n1nnc(C(=O)O)c1-c1ccccc1. The van der Waals surface area contributed by atoms with E-state index in [0.717, 1.165) is 11.1 Å². The molecular formula is C17H15N3O2. The molecule has 110 valence electrons. The van der Waals surface area contributed by atoms with E-state index in [1.165, 1.54) is 0 Å². The van der Waals surface area contributed by atoms with Gasteiger partial charge in [0.2, 0.25) is 0 Å². The van der Waals surface area contributed by atoms with E-state index in [2.05, 4.69) is 10.3 Å². The molecule has 1 unspecified atom stereocenters. The molecule has 0 amide bonds. The summed E-state index contributed by atoms with van der Waals surface area (Å²) in [4.78, 5) is 11.5. The van der Waals surface area contributed by atoms with E-state index in [1.54, 1.807) is 4.68 Å². The zero-order chi connectivity index (χ0) is 15.5. The first-order valence-corrected chi connectivity index (χ1v) is 6.97. The molecule has 1 atom stereocenters. The molecule has 0 aliphatic rings. The fourth-order valence-corrected chi connectivity index (χ4v) is 2.45. The summed E-state index contributed by atoms with van der Waals surface area (Å²) in [7, 11) is 0. The van der Waals surface area contributed by atoms with Crippen LogP contribution in [-0.4, -0.2) is 26.1 Å². The summed E-state index contributed by atoms with van der Waals surface area (Å²) in [6, 6.07) is 19.0. The van der Waals surface area contributed by atoms with E-state index >= 15 is 0 Å². The molecule has 3 rings (SSSR count). The summed E-state index contributed by atoms with van der Waals surface area (Å²) < 4.78 is 1.66. The predicted octanol–water partition coefficient (Wildman–Crippen LogP) is 3.25. The lowest BCUT2D eigenvalue weighted by molar-refractivity contribution is 0.0691. The largest absolute Gasteiger partial charge is 0.476 e. The van der Waals surface area contributed by atoms with E-state index in [0.29, 0.717) is 5.69 Å². The highest BCUT2D eigenvalue weighted by atomic mass is 16.4. The first kappa shape index (κ1) is 14.0. The second-order valence-corrected chi connectivity index (χ2v) is 4.99. The third kappa shape index (κ3) is 2.48. The summed E-state index contributed by atoms with van der Waals surface area (Å²) in [5.74, 6) is -1.08. The van der Waals surface area contributed by atoms with Gasteiger partial charge in [0, 0.05) is 5.56 Å². The lowest BCUT2D eigenvalue weighted by Gasteiger charge is -2.15. The lowest BCUT2D eigenvalue weighted by Crippen LogP contribution is -2.11. The minimum atomic E-state index is -1.08. The van der Waals surface area contributed by atoms with Gasteiger partial charge in [-0.25, -0.2) is 9.48 Å². The van der Waals surface area contributed by atoms with Crippen molar-refractivity contribution in [3.8, 4) is 11.3 Å². The molecule has 0 saturated carbocycles. The monoisotopic (exact) mass is 293 g/mol. The highest BCUT2D eigenvalue weighted by Gasteiger charge is 2.23. The summed E-state index contributed by atoms with van der Waals surface area (Å²) >= 11 is 0. The van der Waals surface area contributed by atoms with Crippen molar-refractivity contribution in [2.24, 2.45) is 0 Å². The summed E-state index contributed by atoms with van der Waals surface area (Å²) in [5.41, 5.74) is 2.31. The number of nitrogens with zero attached hydrogens (tertiary/aromatic N) is 3. The Bertz CT molecular complexity index is 782. The normalized spacial score (nSPS) is 12.0. The van der Waals surface area contributed by atoms with Crippen LogP contribution in [0.4, 0.5) is 0 Å². The Balaban J connectivity index is 2.15. The third-order valence-electron chi connectivity index (χ3n) is 3.59. The molecule has 5 nitrogen and oxygen atoms in total. The van der Waals surface area contributed by atoms with Crippen molar-refractivity contribution in [1.29, 1.82) is 0 Å². The standard InChI is InChI=1S/C17H15N3O2/c1-12(13-8-4-2-5-9-13)20-16(14-10-6-3-7-11-14)15(17(21)22)18-19-20/h2-12H,1H3,(H,21,22). The average molecular weight is 293 g/mol. The molecule has 0 fully saturated rings. The number of aromatic carboxylic acids is 1. The number of benzene rings is 2. The predicted molar refractivity (Wildman–Crippen MR) is 82.7 cm³/mol. The Kier molecular flexibility index (Phi) is 3.70. The topological polar surface area (TPSA) is 68.0 Å². The summed E-state index contributed by atoms with van der Waals surface area (Å²) in [6.45, 7) is 1.97. The molecule has 1 aromatic heterocycles. The second-order valence-electron chi connectivity index (χ2n) is 4.99. The van der Waals surface area contributed by atoms with Gasteiger partial charge in [0.25, 0.3) is 0 Å². The number of rotatable bonds is 4. The molecule has 0 bridgehead atoms. The Labute approximate surface area is 127 Å². The van der Waals surface area contributed by atoms with Gasteiger partial charge >= 0.3 is 5.97 Å². The highest BCUT2D eigenvalue weighted by molar-refractivity contribution is 5.92. The summed E-state index contributed by atoms with van der Waals surface area (Å²) in [6.07, 6.45) is 0. The number of carboxylic acid groups (broad SMARTS) is 1. The van der Waals surface area contributed by atoms with Gasteiger partial charge in [-0.3, -0.25) is 0 Å². The zero-order valence-corrected chi connectivity index (χ0v) is 12.0. The van der Waals surface area contributed by atoms with Crippen molar-refractivity contribution in [3.63, 3.8) is 0 Å². The molecule has 0 saturated heterocycles. The van der Waals surface area contributed by atoms with Gasteiger partial charge in [-0.05, 0) is 12.5 Å². The number of hydrogen-bond acceptors (Lipinski definition) is 3. The quantitative estimate of drug-likeness (QED) is 0.801. The molecule has 3 aromatic rings. The molecule has 0 spiro atoms. The second kappa shape index (κ2) is 5.81. The molecule has 2 aromatic carbocycles. The average Bonchev–Trinajstić information content (AvgIpc) is 3.01. The Morgan fingerprint density at radius 2 is 1.64 bits per heavy atom. The Hall–Kier alpha value is -2.95. The van der Waals surface area contributed by atoms with Crippen LogP contribution in [0.25, 0.3) is 11.3 Å². The van der Waals surface area contributed by atoms with E-state index in [1.807, 2.05) is 67.6 Å². The molecule has 0 aliphatic heterocycles. The number of aromatic nitrogens is 3. The third-order valence-corrected chi connectivity index (χ3v) is 3.59. The fourth-order valence-electron chi connectivity index (χ4n) is 2.45. The van der Waals surface area contributed by atoms with Crippen molar-refractivity contribution in [3.05, 3.63) is 71.9 Å². The Morgan fingerprint density at radius 1 is 1.05 bits per heavy atom. The first-order valence-electron chi connectivity index (χ1n) is 6.97. The van der Waals surface area contributed by atoms with Crippen LogP contribution in [-0.2, 0) is 0 Å². The number of carbonyl (C=O) groups is 1. The molecular weight excluding hydrogens is 278 g/mol. The van der Waals surface area contributed by atoms with Crippen LogP contribution in [0.2, 0.25) is 0 Å². The van der Waals surface area contributed by atoms with Gasteiger partial charge < -0.3 is 5.11 Å². The van der Waals surface area contributed by atoms with Crippen molar-refractivity contribution < 1.29 is 9.90 Å². The van der Waals surface area contributed by atoms with Crippen LogP contribution in [0, 0.1) is 0 Å². The van der Waals surface area contributed by atoms with Gasteiger partial charge in [0.1, 0.15) is 5.69 Å². The van der Waals surface area contributed by atoms with Crippen LogP contribution in [0.15, 0.2) is 60.7 Å². The van der Waals surface area contributed by atoms with Crippen molar-refractivity contribution in [2.45, 2.75) is 13.0 Å². The van der Waals surface area contributed by atoms with E-state index in [-0.39, 0.29) is 11.7 Å². The molecule has 0 aliphatic carbocycles. The van der Waals surface area contributed by atoms with Gasteiger partial charge in [-0.1, -0.05) is 65.9 Å². The Morgan fingerprint density at radius 3 is 2.23 bits per heavy atom. The molecule has 1 heterocycles. The highest BCUT2D eigenvalue weighted by Crippen LogP contribution is 2.27. The number of hydrogen-bond donors (Lipinski definition) is 1. The minimum absolute atomic E-state index is 0.0334. The van der Waals surface area contributed by atoms with Crippen molar-refractivity contribution in [1.82, 2.24) is 15.0 Å². The van der Waals surface area contributed by atoms with E-state index in [4.69, 9.17) is 0 Å². The number of carboxylic acids is 1. The van der Waals surface area contributed by atoms with Crippen LogP contribution < -0.4 is 0 Å². The van der Waals surface area contributed by atoms with Gasteiger partial charge in [-0.15, -0.1) is 5.10 Å². The first-order chi connectivity index (χ1) is 10.7. The molecule has 1 N–H and O–H groups in total. The van der Waals surface area contributed by atoms with Gasteiger partial charge in [-0.2, -0.15) is 0 Å². The lowest BCUT2D eigenvalue weighted by atomic mass is 10.1. The minimum Gasteiger partial charge on any atom is -0.476 e. The molecule has 0 radical (unpaired) electrons. The molecule has 22 heavy (non-hydrogen) atoms. The van der Waals surface area contributed by atoms with Crippen LogP contribution in [0.5, 0.6) is 0 Å².